The summed E-state index contributed by atoms with van der Waals surface area (Å²) >= 11 is 1.78. The Morgan fingerprint density at radius 1 is 1.28 bits per heavy atom. The second-order valence-electron chi connectivity index (χ2n) is 4.15. The Kier molecular flexibility index (Phi) is 5.30. The fourth-order valence-electron chi connectivity index (χ4n) is 1.77. The van der Waals surface area contributed by atoms with Gasteiger partial charge in [-0.05, 0) is 43.0 Å². The summed E-state index contributed by atoms with van der Waals surface area (Å²) < 4.78 is 1.97. The van der Waals surface area contributed by atoms with Crippen LogP contribution in [0.15, 0.2) is 47.6 Å². The van der Waals surface area contributed by atoms with Gasteiger partial charge >= 0.3 is 0 Å². The number of hydrogen-bond acceptors (Lipinski definition) is 3. The fraction of sp³-hybridized carbons (Fsp3) is 0.357. The number of thioether (sulfide) groups is 1. The minimum atomic E-state index is 0.938. The topological polar surface area (TPSA) is 29.9 Å². The van der Waals surface area contributed by atoms with Crippen LogP contribution in [0.2, 0.25) is 0 Å². The molecule has 2 aromatic rings. The summed E-state index contributed by atoms with van der Waals surface area (Å²) in [6.45, 7) is 2.93. The van der Waals surface area contributed by atoms with E-state index >= 15 is 0 Å². The normalized spacial score (nSPS) is 10.7. The summed E-state index contributed by atoms with van der Waals surface area (Å²) in [4.78, 5) is 1.32. The van der Waals surface area contributed by atoms with Crippen LogP contribution in [0, 0.1) is 0 Å². The van der Waals surface area contributed by atoms with E-state index in [0.717, 1.165) is 26.1 Å². The highest BCUT2D eigenvalue weighted by Crippen LogP contribution is 2.14. The maximum absolute atomic E-state index is 4.18. The van der Waals surface area contributed by atoms with Gasteiger partial charge in [0.1, 0.15) is 0 Å². The summed E-state index contributed by atoms with van der Waals surface area (Å²) in [5.41, 5.74) is 1.34. The first-order chi connectivity index (χ1) is 8.88. The van der Waals surface area contributed by atoms with E-state index in [1.54, 1.807) is 11.8 Å². The number of nitrogens with zero attached hydrogens (tertiary/aromatic N) is 2. The minimum absolute atomic E-state index is 0.938. The van der Waals surface area contributed by atoms with Gasteiger partial charge in [-0.3, -0.25) is 4.68 Å². The molecular formula is C14H19N3S. The van der Waals surface area contributed by atoms with Crippen molar-refractivity contribution in [2.75, 3.05) is 12.8 Å². The lowest BCUT2D eigenvalue weighted by Gasteiger charge is -2.06. The Morgan fingerprint density at radius 2 is 2.11 bits per heavy atom. The van der Waals surface area contributed by atoms with Crippen molar-refractivity contribution >= 4 is 11.8 Å². The first-order valence-corrected chi connectivity index (χ1v) is 7.42. The quantitative estimate of drug-likeness (QED) is 0.614. The molecule has 0 fully saturated rings. The molecule has 0 atom stereocenters. The van der Waals surface area contributed by atoms with E-state index in [1.165, 1.54) is 10.5 Å². The Labute approximate surface area is 113 Å². The molecule has 96 valence electrons. The Bertz CT molecular complexity index is 437. The predicted molar refractivity (Wildman–Crippen MR) is 76.8 cm³/mol. The van der Waals surface area contributed by atoms with Crippen molar-refractivity contribution in [3.05, 3.63) is 48.3 Å². The van der Waals surface area contributed by atoms with Crippen LogP contribution >= 0.6 is 11.8 Å². The van der Waals surface area contributed by atoms with Gasteiger partial charge in [0.2, 0.25) is 0 Å². The van der Waals surface area contributed by atoms with Gasteiger partial charge in [-0.1, -0.05) is 12.1 Å². The highest BCUT2D eigenvalue weighted by molar-refractivity contribution is 7.98. The lowest BCUT2D eigenvalue weighted by atomic mass is 10.2. The van der Waals surface area contributed by atoms with Crippen LogP contribution in [0.5, 0.6) is 0 Å². The van der Waals surface area contributed by atoms with Gasteiger partial charge < -0.3 is 5.32 Å². The van der Waals surface area contributed by atoms with Crippen LogP contribution in [0.3, 0.4) is 0 Å². The molecule has 18 heavy (non-hydrogen) atoms. The van der Waals surface area contributed by atoms with E-state index in [-0.39, 0.29) is 0 Å². The zero-order valence-corrected chi connectivity index (χ0v) is 11.5. The van der Waals surface area contributed by atoms with E-state index in [0.29, 0.717) is 0 Å². The molecule has 1 heterocycles. The van der Waals surface area contributed by atoms with Crippen molar-refractivity contribution in [3.8, 4) is 0 Å². The fourth-order valence-corrected chi connectivity index (χ4v) is 2.18. The van der Waals surface area contributed by atoms with Crippen LogP contribution in [0.1, 0.15) is 12.0 Å². The standard InChI is InChI=1S/C14H19N3S/c1-18-14-6-4-13(5-7-14)12-15-8-2-10-17-11-3-9-16-17/h3-7,9,11,15H,2,8,10,12H2,1H3. The Hall–Kier alpha value is -1.26. The van der Waals surface area contributed by atoms with Crippen molar-refractivity contribution in [2.24, 2.45) is 0 Å². The highest BCUT2D eigenvalue weighted by atomic mass is 32.2. The molecule has 0 aliphatic rings. The highest BCUT2D eigenvalue weighted by Gasteiger charge is 1.94. The average Bonchev–Trinajstić information content (AvgIpc) is 2.92. The van der Waals surface area contributed by atoms with E-state index in [2.05, 4.69) is 40.9 Å². The van der Waals surface area contributed by atoms with Crippen LogP contribution in [-0.2, 0) is 13.1 Å². The van der Waals surface area contributed by atoms with E-state index in [1.807, 2.05) is 23.1 Å². The number of rotatable bonds is 7. The van der Waals surface area contributed by atoms with Gasteiger partial charge in [-0.2, -0.15) is 5.10 Å². The molecule has 0 saturated carbocycles. The minimum Gasteiger partial charge on any atom is -0.313 e. The monoisotopic (exact) mass is 261 g/mol. The molecule has 1 aromatic heterocycles. The Morgan fingerprint density at radius 3 is 2.78 bits per heavy atom. The third kappa shape index (κ3) is 4.20. The van der Waals surface area contributed by atoms with Gasteiger partial charge in [-0.15, -0.1) is 11.8 Å². The van der Waals surface area contributed by atoms with Crippen LogP contribution in [0.4, 0.5) is 0 Å². The molecule has 0 bridgehead atoms. The van der Waals surface area contributed by atoms with Crippen LogP contribution < -0.4 is 5.32 Å². The maximum atomic E-state index is 4.18. The molecule has 0 aliphatic heterocycles. The first-order valence-electron chi connectivity index (χ1n) is 6.19. The van der Waals surface area contributed by atoms with Crippen molar-refractivity contribution in [3.63, 3.8) is 0 Å². The second kappa shape index (κ2) is 7.24. The van der Waals surface area contributed by atoms with Crippen molar-refractivity contribution in [2.45, 2.75) is 24.4 Å². The lowest BCUT2D eigenvalue weighted by molar-refractivity contribution is 0.543. The number of aryl methyl sites for hydroxylation is 1. The SMILES string of the molecule is CSc1ccc(CNCCCn2cccn2)cc1. The number of nitrogens with one attached hydrogen (secondary N) is 1. The van der Waals surface area contributed by atoms with Gasteiger partial charge in [0.25, 0.3) is 0 Å². The molecule has 0 aliphatic carbocycles. The third-order valence-corrected chi connectivity index (χ3v) is 3.53. The zero-order valence-electron chi connectivity index (χ0n) is 10.7. The first kappa shape index (κ1) is 13.2. The summed E-state index contributed by atoms with van der Waals surface area (Å²) in [5.74, 6) is 0. The Balaban J connectivity index is 1.62. The molecular weight excluding hydrogens is 242 g/mol. The van der Waals surface area contributed by atoms with E-state index in [4.69, 9.17) is 0 Å². The summed E-state index contributed by atoms with van der Waals surface area (Å²) in [6, 6.07) is 10.7. The molecule has 0 spiro atoms. The molecule has 0 unspecified atom stereocenters. The average molecular weight is 261 g/mol. The van der Waals surface area contributed by atoms with Crippen molar-refractivity contribution in [1.29, 1.82) is 0 Å². The van der Waals surface area contributed by atoms with Gasteiger partial charge in [-0.25, -0.2) is 0 Å². The summed E-state index contributed by atoms with van der Waals surface area (Å²) in [5, 5.41) is 7.63. The predicted octanol–water partition coefficient (Wildman–Crippen LogP) is 2.78. The second-order valence-corrected chi connectivity index (χ2v) is 5.03. The number of aromatic nitrogens is 2. The van der Waals surface area contributed by atoms with Gasteiger partial charge in [0.05, 0.1) is 0 Å². The molecule has 3 nitrogen and oxygen atoms in total. The van der Waals surface area contributed by atoms with E-state index in [9.17, 15) is 0 Å². The van der Waals surface area contributed by atoms with Gasteiger partial charge in [0, 0.05) is 30.4 Å². The number of benzene rings is 1. The smallest absolute Gasteiger partial charge is 0.0489 e. The molecule has 0 saturated heterocycles. The van der Waals surface area contributed by atoms with Crippen molar-refractivity contribution in [1.82, 2.24) is 15.1 Å². The van der Waals surface area contributed by atoms with Crippen LogP contribution in [-0.4, -0.2) is 22.6 Å². The van der Waals surface area contributed by atoms with Gasteiger partial charge in [0.15, 0.2) is 0 Å². The molecule has 4 heteroatoms. The lowest BCUT2D eigenvalue weighted by Crippen LogP contribution is -2.16. The number of hydrogen-bond donors (Lipinski definition) is 1. The largest absolute Gasteiger partial charge is 0.313 e. The van der Waals surface area contributed by atoms with Crippen LogP contribution in [0.25, 0.3) is 0 Å². The zero-order chi connectivity index (χ0) is 12.6. The maximum Gasteiger partial charge on any atom is 0.0489 e. The molecule has 2 rings (SSSR count). The van der Waals surface area contributed by atoms with Crippen molar-refractivity contribution < 1.29 is 0 Å². The molecule has 1 aromatic carbocycles. The molecule has 0 radical (unpaired) electrons. The van der Waals surface area contributed by atoms with E-state index < -0.39 is 0 Å². The molecule has 0 amide bonds. The third-order valence-electron chi connectivity index (χ3n) is 2.79. The molecule has 1 N–H and O–H groups in total. The summed E-state index contributed by atoms with van der Waals surface area (Å²) in [6.07, 6.45) is 7.02. The summed E-state index contributed by atoms with van der Waals surface area (Å²) in [7, 11) is 0.